The number of aryl methyl sites for hydroxylation is 3. The van der Waals surface area contributed by atoms with Crippen molar-refractivity contribution in [2.75, 3.05) is 0 Å². The van der Waals surface area contributed by atoms with Crippen molar-refractivity contribution in [1.29, 1.82) is 0 Å². The van der Waals surface area contributed by atoms with Crippen LogP contribution < -0.4 is 5.32 Å². The molecule has 4 aromatic rings. The fraction of sp³-hybridized carbons (Fsp3) is 0.240. The first kappa shape index (κ1) is 20.7. The van der Waals surface area contributed by atoms with E-state index in [1.165, 1.54) is 12.1 Å². The molecule has 0 radical (unpaired) electrons. The molecular formula is C25H25FN4O. The van der Waals surface area contributed by atoms with E-state index in [0.717, 1.165) is 45.0 Å². The summed E-state index contributed by atoms with van der Waals surface area (Å²) in [5.41, 5.74) is 7.31. The van der Waals surface area contributed by atoms with Gasteiger partial charge in [-0.15, -0.1) is 0 Å². The summed E-state index contributed by atoms with van der Waals surface area (Å²) in [4.78, 5) is 17.2. The van der Waals surface area contributed by atoms with Gasteiger partial charge in [0.2, 0.25) is 5.91 Å². The zero-order valence-corrected chi connectivity index (χ0v) is 17.9. The highest BCUT2D eigenvalue weighted by atomic mass is 19.1. The molecule has 31 heavy (non-hydrogen) atoms. The number of amides is 1. The first-order valence-corrected chi connectivity index (χ1v) is 10.4. The maximum Gasteiger partial charge on any atom is 0.220 e. The van der Waals surface area contributed by atoms with Crippen molar-refractivity contribution in [1.82, 2.24) is 19.9 Å². The highest BCUT2D eigenvalue weighted by molar-refractivity contribution is 5.80. The lowest BCUT2D eigenvalue weighted by Gasteiger charge is -2.12. The molecule has 2 aromatic heterocycles. The molecule has 0 bridgehead atoms. The summed E-state index contributed by atoms with van der Waals surface area (Å²) in [6, 6.07) is 16.2. The summed E-state index contributed by atoms with van der Waals surface area (Å²) in [7, 11) is 0. The van der Waals surface area contributed by atoms with Crippen LogP contribution in [0.25, 0.3) is 16.8 Å². The van der Waals surface area contributed by atoms with E-state index >= 15 is 0 Å². The van der Waals surface area contributed by atoms with Crippen LogP contribution >= 0.6 is 0 Å². The smallest absolute Gasteiger partial charge is 0.220 e. The van der Waals surface area contributed by atoms with E-state index in [1.54, 1.807) is 12.1 Å². The Morgan fingerprint density at radius 3 is 2.42 bits per heavy atom. The molecule has 2 aromatic carbocycles. The summed E-state index contributed by atoms with van der Waals surface area (Å²) >= 11 is 0. The third-order valence-corrected chi connectivity index (χ3v) is 5.57. The van der Waals surface area contributed by atoms with Gasteiger partial charge in [-0.25, -0.2) is 13.9 Å². The minimum absolute atomic E-state index is 0.00592. The molecule has 0 aliphatic heterocycles. The van der Waals surface area contributed by atoms with E-state index in [-0.39, 0.29) is 11.7 Å². The van der Waals surface area contributed by atoms with Gasteiger partial charge in [0.05, 0.1) is 5.69 Å². The van der Waals surface area contributed by atoms with E-state index in [4.69, 9.17) is 4.98 Å². The largest absolute Gasteiger partial charge is 0.352 e. The lowest BCUT2D eigenvalue weighted by atomic mass is 10.0. The van der Waals surface area contributed by atoms with Gasteiger partial charge in [-0.05, 0) is 56.0 Å². The van der Waals surface area contributed by atoms with E-state index in [1.807, 2.05) is 55.6 Å². The third-order valence-electron chi connectivity index (χ3n) is 5.57. The first-order valence-electron chi connectivity index (χ1n) is 10.4. The Morgan fingerprint density at radius 2 is 1.71 bits per heavy atom. The normalized spacial score (nSPS) is 11.1. The van der Waals surface area contributed by atoms with Crippen LogP contribution in [0.1, 0.15) is 34.6 Å². The summed E-state index contributed by atoms with van der Waals surface area (Å²) in [6.07, 6.45) is 0.971. The van der Waals surface area contributed by atoms with Crippen molar-refractivity contribution < 1.29 is 9.18 Å². The molecule has 5 nitrogen and oxygen atoms in total. The number of hydrogen-bond donors (Lipinski definition) is 1. The van der Waals surface area contributed by atoms with Crippen LogP contribution in [0.15, 0.2) is 54.6 Å². The van der Waals surface area contributed by atoms with Crippen LogP contribution in [-0.2, 0) is 17.8 Å². The topological polar surface area (TPSA) is 59.3 Å². The van der Waals surface area contributed by atoms with Crippen molar-refractivity contribution in [2.24, 2.45) is 0 Å². The molecule has 4 rings (SSSR count). The monoisotopic (exact) mass is 416 g/mol. The molecule has 0 saturated heterocycles. The molecule has 0 spiro atoms. The van der Waals surface area contributed by atoms with Crippen molar-refractivity contribution in [3.63, 3.8) is 0 Å². The van der Waals surface area contributed by atoms with Crippen LogP contribution in [0, 0.1) is 26.6 Å². The number of nitrogens with zero attached hydrogens (tertiary/aromatic N) is 3. The van der Waals surface area contributed by atoms with E-state index in [0.29, 0.717) is 19.4 Å². The number of nitrogens with one attached hydrogen (secondary N) is 1. The van der Waals surface area contributed by atoms with Gasteiger partial charge < -0.3 is 5.32 Å². The SMILES string of the molecule is Cc1nc2c(-c3ccc(F)cc3)c(C)nn2c(C)c1CCC(=O)NCc1ccccc1. The molecule has 0 aliphatic carbocycles. The molecular weight excluding hydrogens is 391 g/mol. The average molecular weight is 417 g/mol. The Bertz CT molecular complexity index is 1230. The fourth-order valence-corrected chi connectivity index (χ4v) is 3.91. The van der Waals surface area contributed by atoms with E-state index < -0.39 is 0 Å². The Balaban J connectivity index is 1.55. The van der Waals surface area contributed by atoms with Crippen molar-refractivity contribution >= 4 is 11.6 Å². The number of carbonyl (C=O) groups excluding carboxylic acids is 1. The lowest BCUT2D eigenvalue weighted by molar-refractivity contribution is -0.121. The third kappa shape index (κ3) is 4.33. The number of halogens is 1. The molecule has 0 aliphatic rings. The van der Waals surface area contributed by atoms with Crippen molar-refractivity contribution in [2.45, 2.75) is 40.2 Å². The van der Waals surface area contributed by atoms with Crippen LogP contribution in [-0.4, -0.2) is 20.5 Å². The Kier molecular flexibility index (Phi) is 5.80. The molecule has 1 amide bonds. The predicted molar refractivity (Wildman–Crippen MR) is 119 cm³/mol. The van der Waals surface area contributed by atoms with Crippen LogP contribution in [0.2, 0.25) is 0 Å². The standard InChI is InChI=1S/C25H25FN4O/c1-16-22(13-14-23(31)27-15-19-7-5-4-6-8-19)18(3)30-25(28-16)24(17(2)29-30)20-9-11-21(26)12-10-20/h4-12H,13-15H2,1-3H3,(H,27,31). The van der Waals surface area contributed by atoms with Crippen LogP contribution in [0.4, 0.5) is 4.39 Å². The number of hydrogen-bond acceptors (Lipinski definition) is 3. The summed E-state index contributed by atoms with van der Waals surface area (Å²) in [5.74, 6) is -0.266. The second-order valence-electron chi connectivity index (χ2n) is 7.73. The average Bonchev–Trinajstić information content (AvgIpc) is 3.09. The van der Waals surface area contributed by atoms with Gasteiger partial charge in [-0.1, -0.05) is 42.5 Å². The number of rotatable bonds is 6. The molecule has 1 N–H and O–H groups in total. The number of fused-ring (bicyclic) bond motifs is 1. The second kappa shape index (κ2) is 8.68. The fourth-order valence-electron chi connectivity index (χ4n) is 3.91. The van der Waals surface area contributed by atoms with Gasteiger partial charge in [0.15, 0.2) is 5.65 Å². The number of benzene rings is 2. The lowest BCUT2D eigenvalue weighted by Crippen LogP contribution is -2.23. The van der Waals surface area contributed by atoms with Crippen molar-refractivity contribution in [3.8, 4) is 11.1 Å². The highest BCUT2D eigenvalue weighted by Gasteiger charge is 2.18. The van der Waals surface area contributed by atoms with Gasteiger partial charge in [0.25, 0.3) is 0 Å². The van der Waals surface area contributed by atoms with E-state index in [2.05, 4.69) is 10.4 Å². The van der Waals surface area contributed by atoms with Crippen molar-refractivity contribution in [3.05, 3.63) is 88.6 Å². The van der Waals surface area contributed by atoms with Crippen LogP contribution in [0.3, 0.4) is 0 Å². The van der Waals surface area contributed by atoms with E-state index in [9.17, 15) is 9.18 Å². The van der Waals surface area contributed by atoms with Gasteiger partial charge in [-0.3, -0.25) is 4.79 Å². The van der Waals surface area contributed by atoms with Gasteiger partial charge in [-0.2, -0.15) is 5.10 Å². The Hall–Kier alpha value is -3.54. The molecule has 158 valence electrons. The second-order valence-corrected chi connectivity index (χ2v) is 7.73. The predicted octanol–water partition coefficient (Wildman–Crippen LogP) is 4.71. The van der Waals surface area contributed by atoms with Crippen LogP contribution in [0.5, 0.6) is 0 Å². The molecule has 6 heteroatoms. The van der Waals surface area contributed by atoms with Gasteiger partial charge in [0.1, 0.15) is 5.82 Å². The summed E-state index contributed by atoms with van der Waals surface area (Å²) < 4.78 is 15.2. The molecule has 0 fully saturated rings. The summed E-state index contributed by atoms with van der Waals surface area (Å²) in [5, 5.41) is 7.65. The minimum atomic E-state index is -0.272. The van der Waals surface area contributed by atoms with Gasteiger partial charge >= 0.3 is 0 Å². The van der Waals surface area contributed by atoms with Gasteiger partial charge in [0, 0.05) is 29.9 Å². The molecule has 0 saturated carbocycles. The molecule has 2 heterocycles. The number of carbonyl (C=O) groups is 1. The number of aromatic nitrogens is 3. The Labute approximate surface area is 181 Å². The molecule has 0 unspecified atom stereocenters. The first-order chi connectivity index (χ1) is 14.9. The summed E-state index contributed by atoms with van der Waals surface area (Å²) in [6.45, 7) is 6.41. The quantitative estimate of drug-likeness (QED) is 0.495. The maximum atomic E-state index is 13.4. The Morgan fingerprint density at radius 1 is 1.00 bits per heavy atom. The molecule has 0 atom stereocenters. The zero-order chi connectivity index (χ0) is 22.0. The maximum absolute atomic E-state index is 13.4. The minimum Gasteiger partial charge on any atom is -0.352 e. The zero-order valence-electron chi connectivity index (χ0n) is 17.9. The highest BCUT2D eigenvalue weighted by Crippen LogP contribution is 2.29.